The minimum Gasteiger partial charge on any atom is -0.459 e. The zero-order valence-corrected chi connectivity index (χ0v) is 12.4. The van der Waals surface area contributed by atoms with E-state index in [9.17, 15) is 0 Å². The lowest BCUT2D eigenvalue weighted by Gasteiger charge is -2.12. The number of fused-ring (bicyclic) bond motifs is 1. The van der Waals surface area contributed by atoms with Crippen molar-refractivity contribution in [2.45, 2.75) is 45.6 Å². The smallest absolute Gasteiger partial charge is 0.134 e. The third-order valence-corrected chi connectivity index (χ3v) is 4.31. The lowest BCUT2D eigenvalue weighted by Crippen LogP contribution is -2.20. The summed E-state index contributed by atoms with van der Waals surface area (Å²) in [6.07, 6.45) is 7.48. The average Bonchev–Trinajstić information content (AvgIpc) is 3.08. The second-order valence-corrected chi connectivity index (χ2v) is 5.77. The molecule has 2 nitrogen and oxygen atoms in total. The largest absolute Gasteiger partial charge is 0.459 e. The summed E-state index contributed by atoms with van der Waals surface area (Å²) in [5.74, 6) is 1.08. The summed E-state index contributed by atoms with van der Waals surface area (Å²) in [6, 6.07) is 8.54. The monoisotopic (exact) mass is 269 g/mol. The Morgan fingerprint density at radius 1 is 1.30 bits per heavy atom. The van der Waals surface area contributed by atoms with E-state index in [4.69, 9.17) is 4.42 Å². The van der Waals surface area contributed by atoms with Crippen molar-refractivity contribution in [2.75, 3.05) is 6.54 Å². The lowest BCUT2D eigenvalue weighted by atomic mass is 10.1. The van der Waals surface area contributed by atoms with E-state index in [-0.39, 0.29) is 6.04 Å². The fourth-order valence-electron chi connectivity index (χ4n) is 3.11. The van der Waals surface area contributed by atoms with E-state index in [1.165, 1.54) is 36.6 Å². The number of furan rings is 1. The zero-order valence-electron chi connectivity index (χ0n) is 12.4. The molecule has 0 saturated carbocycles. The second kappa shape index (κ2) is 5.84. The Labute approximate surface area is 120 Å². The topological polar surface area (TPSA) is 25.2 Å². The van der Waals surface area contributed by atoms with Crippen molar-refractivity contribution in [1.29, 1.82) is 0 Å². The van der Waals surface area contributed by atoms with Gasteiger partial charge in [-0.1, -0.05) is 29.8 Å². The normalized spacial score (nSPS) is 16.6. The summed E-state index contributed by atoms with van der Waals surface area (Å²) in [6.45, 7) is 5.37. The van der Waals surface area contributed by atoms with Gasteiger partial charge in [0, 0.05) is 5.39 Å². The van der Waals surface area contributed by atoms with Crippen LogP contribution in [0.15, 0.2) is 40.3 Å². The van der Waals surface area contributed by atoms with Crippen LogP contribution >= 0.6 is 0 Å². The van der Waals surface area contributed by atoms with Crippen molar-refractivity contribution in [2.24, 2.45) is 0 Å². The molecule has 3 rings (SSSR count). The molecule has 20 heavy (non-hydrogen) atoms. The Bertz CT molecular complexity index is 623. The molecule has 0 fully saturated rings. The maximum atomic E-state index is 6.01. The number of para-hydroxylation sites is 1. The molecule has 1 unspecified atom stereocenters. The molecule has 1 aromatic heterocycles. The first-order valence-corrected chi connectivity index (χ1v) is 7.65. The van der Waals surface area contributed by atoms with Gasteiger partial charge < -0.3 is 9.73 Å². The van der Waals surface area contributed by atoms with Crippen LogP contribution in [0.1, 0.15) is 50.0 Å². The minimum atomic E-state index is 0.268. The van der Waals surface area contributed by atoms with Crippen molar-refractivity contribution < 1.29 is 4.42 Å². The Morgan fingerprint density at radius 2 is 2.15 bits per heavy atom. The third kappa shape index (κ3) is 2.66. The first-order valence-electron chi connectivity index (χ1n) is 7.65. The van der Waals surface area contributed by atoms with Crippen LogP contribution in [-0.2, 0) is 0 Å². The van der Waals surface area contributed by atoms with Gasteiger partial charge in [-0.25, -0.2) is 0 Å². The van der Waals surface area contributed by atoms with E-state index in [1.54, 1.807) is 5.57 Å². The second-order valence-electron chi connectivity index (χ2n) is 5.77. The SMILES string of the molecule is Cc1c(C(C)NCCC2=CCCC2)oc2ccccc12. The quantitative estimate of drug-likeness (QED) is 0.782. The molecule has 106 valence electrons. The fourth-order valence-corrected chi connectivity index (χ4v) is 3.11. The van der Waals surface area contributed by atoms with Gasteiger partial charge in [-0.05, 0) is 57.7 Å². The van der Waals surface area contributed by atoms with Crippen molar-refractivity contribution in [3.05, 3.63) is 47.2 Å². The van der Waals surface area contributed by atoms with Crippen LogP contribution in [0.2, 0.25) is 0 Å². The molecule has 0 amide bonds. The minimum absolute atomic E-state index is 0.268. The van der Waals surface area contributed by atoms with Crippen LogP contribution < -0.4 is 5.32 Å². The predicted molar refractivity (Wildman–Crippen MR) is 83.9 cm³/mol. The van der Waals surface area contributed by atoms with Gasteiger partial charge >= 0.3 is 0 Å². The van der Waals surface area contributed by atoms with E-state index in [0.717, 1.165) is 17.9 Å². The van der Waals surface area contributed by atoms with Crippen LogP contribution in [0.5, 0.6) is 0 Å². The third-order valence-electron chi connectivity index (χ3n) is 4.31. The van der Waals surface area contributed by atoms with Crippen LogP contribution in [-0.4, -0.2) is 6.54 Å². The van der Waals surface area contributed by atoms with E-state index in [0.29, 0.717) is 0 Å². The summed E-state index contributed by atoms with van der Waals surface area (Å²) in [5, 5.41) is 4.82. The van der Waals surface area contributed by atoms with Crippen LogP contribution in [0.25, 0.3) is 11.0 Å². The zero-order chi connectivity index (χ0) is 13.9. The number of benzene rings is 1. The molecular weight excluding hydrogens is 246 g/mol. The first-order chi connectivity index (χ1) is 9.75. The molecule has 2 heteroatoms. The van der Waals surface area contributed by atoms with Crippen molar-refractivity contribution >= 4 is 11.0 Å². The van der Waals surface area contributed by atoms with Crippen LogP contribution in [0, 0.1) is 6.92 Å². The first kappa shape index (κ1) is 13.4. The van der Waals surface area contributed by atoms with Crippen LogP contribution in [0.4, 0.5) is 0 Å². The highest BCUT2D eigenvalue weighted by atomic mass is 16.3. The number of nitrogens with one attached hydrogen (secondary N) is 1. The molecule has 1 atom stereocenters. The van der Waals surface area contributed by atoms with E-state index < -0.39 is 0 Å². The highest BCUT2D eigenvalue weighted by molar-refractivity contribution is 5.82. The molecule has 0 saturated heterocycles. The molecule has 1 N–H and O–H groups in total. The van der Waals surface area contributed by atoms with Gasteiger partial charge in [0.05, 0.1) is 6.04 Å². The fraction of sp³-hybridized carbons (Fsp3) is 0.444. The standard InChI is InChI=1S/C18H23NO/c1-13-16-9-5-6-10-17(16)20-18(13)14(2)19-12-11-15-7-3-4-8-15/h5-7,9-10,14,19H,3-4,8,11-12H2,1-2H3. The van der Waals surface area contributed by atoms with Gasteiger partial charge in [0.15, 0.2) is 0 Å². The Balaban J connectivity index is 1.65. The van der Waals surface area contributed by atoms with Crippen molar-refractivity contribution in [3.8, 4) is 0 Å². The summed E-state index contributed by atoms with van der Waals surface area (Å²) in [7, 11) is 0. The maximum Gasteiger partial charge on any atom is 0.134 e. The Kier molecular flexibility index (Phi) is 3.93. The number of rotatable bonds is 5. The molecule has 1 aliphatic rings. The van der Waals surface area contributed by atoms with Gasteiger partial charge in [0.2, 0.25) is 0 Å². The van der Waals surface area contributed by atoms with Gasteiger partial charge in [-0.2, -0.15) is 0 Å². The molecule has 0 aliphatic heterocycles. The maximum absolute atomic E-state index is 6.01. The van der Waals surface area contributed by atoms with Crippen molar-refractivity contribution in [1.82, 2.24) is 5.32 Å². The molecule has 0 bridgehead atoms. The summed E-state index contributed by atoms with van der Waals surface area (Å²) >= 11 is 0. The molecule has 2 aromatic rings. The highest BCUT2D eigenvalue weighted by Crippen LogP contribution is 2.29. The van der Waals surface area contributed by atoms with Crippen LogP contribution in [0.3, 0.4) is 0 Å². The Morgan fingerprint density at radius 3 is 2.90 bits per heavy atom. The molecule has 0 radical (unpaired) electrons. The molecule has 0 spiro atoms. The van der Waals surface area contributed by atoms with E-state index >= 15 is 0 Å². The van der Waals surface area contributed by atoms with Gasteiger partial charge in [0.1, 0.15) is 11.3 Å². The van der Waals surface area contributed by atoms with Gasteiger partial charge in [0.25, 0.3) is 0 Å². The molecule has 1 aliphatic carbocycles. The number of aryl methyl sites for hydroxylation is 1. The van der Waals surface area contributed by atoms with Crippen molar-refractivity contribution in [3.63, 3.8) is 0 Å². The summed E-state index contributed by atoms with van der Waals surface area (Å²) in [4.78, 5) is 0. The molecular formula is C18H23NO. The van der Waals surface area contributed by atoms with E-state index in [2.05, 4.69) is 37.4 Å². The Hall–Kier alpha value is -1.54. The lowest BCUT2D eigenvalue weighted by molar-refractivity contribution is 0.449. The van der Waals surface area contributed by atoms with Gasteiger partial charge in [-0.15, -0.1) is 0 Å². The summed E-state index contributed by atoms with van der Waals surface area (Å²) < 4.78 is 6.01. The predicted octanol–water partition coefficient (Wildman–Crippen LogP) is 4.89. The number of hydrogen-bond donors (Lipinski definition) is 1. The highest BCUT2D eigenvalue weighted by Gasteiger charge is 2.16. The summed E-state index contributed by atoms with van der Waals surface area (Å²) in [5.41, 5.74) is 3.87. The number of hydrogen-bond acceptors (Lipinski definition) is 2. The molecule has 1 aromatic carbocycles. The number of allylic oxidation sites excluding steroid dienone is 1. The van der Waals surface area contributed by atoms with Gasteiger partial charge in [-0.3, -0.25) is 0 Å². The molecule has 1 heterocycles. The average molecular weight is 269 g/mol. The van der Waals surface area contributed by atoms with E-state index in [1.807, 2.05) is 12.1 Å².